The van der Waals surface area contributed by atoms with Crippen LogP contribution in [-0.4, -0.2) is 43.2 Å². The minimum atomic E-state index is -0.363. The number of fused-ring (bicyclic) bond motifs is 1. The summed E-state index contributed by atoms with van der Waals surface area (Å²) < 4.78 is 4.04. The molecule has 1 saturated heterocycles. The molecule has 7 nitrogen and oxygen atoms in total. The molecule has 0 atom stereocenters. The molecule has 0 spiro atoms. The highest BCUT2D eigenvalue weighted by molar-refractivity contribution is 9.10. The maximum absolute atomic E-state index is 14.4. The number of aromatic nitrogens is 4. The average Bonchev–Trinajstić information content (AvgIpc) is 3.34. The van der Waals surface area contributed by atoms with E-state index in [2.05, 4.69) is 15.9 Å². The first kappa shape index (κ1) is 24.6. The van der Waals surface area contributed by atoms with Crippen molar-refractivity contribution in [3.05, 3.63) is 104 Å². The Labute approximate surface area is 232 Å². The smallest absolute Gasteiger partial charge is 0.275 e. The number of halogens is 2. The second-order valence-electron chi connectivity index (χ2n) is 9.21. The van der Waals surface area contributed by atoms with Gasteiger partial charge in [0.05, 0.1) is 11.4 Å². The molecule has 2 aromatic heterocycles. The van der Waals surface area contributed by atoms with Crippen LogP contribution in [0.5, 0.6) is 0 Å². The van der Waals surface area contributed by atoms with Crippen LogP contribution in [0, 0.1) is 0 Å². The number of hydrogen-bond acceptors (Lipinski definition) is 4. The van der Waals surface area contributed by atoms with Crippen molar-refractivity contribution in [1.82, 2.24) is 24.2 Å². The predicted molar refractivity (Wildman–Crippen MR) is 152 cm³/mol. The van der Waals surface area contributed by atoms with Crippen LogP contribution in [0.15, 0.2) is 88.1 Å². The van der Waals surface area contributed by atoms with Crippen molar-refractivity contribution in [2.45, 2.75) is 19.3 Å². The Kier molecular flexibility index (Phi) is 6.59. The van der Waals surface area contributed by atoms with Gasteiger partial charge in [-0.1, -0.05) is 57.9 Å². The largest absolute Gasteiger partial charge is 0.337 e. The third kappa shape index (κ3) is 4.44. The monoisotopic (exact) mass is 587 g/mol. The molecule has 190 valence electrons. The third-order valence-corrected chi connectivity index (χ3v) is 7.52. The van der Waals surface area contributed by atoms with Crippen LogP contribution in [0.1, 0.15) is 29.8 Å². The molecule has 0 bridgehead atoms. The van der Waals surface area contributed by atoms with E-state index in [0.29, 0.717) is 41.0 Å². The van der Waals surface area contributed by atoms with Crippen molar-refractivity contribution in [1.29, 1.82) is 0 Å². The number of rotatable bonds is 4. The van der Waals surface area contributed by atoms with E-state index in [1.165, 1.54) is 4.57 Å². The summed E-state index contributed by atoms with van der Waals surface area (Å²) in [5.41, 5.74) is 2.14. The van der Waals surface area contributed by atoms with Gasteiger partial charge >= 0.3 is 0 Å². The molecule has 38 heavy (non-hydrogen) atoms. The van der Waals surface area contributed by atoms with E-state index in [9.17, 15) is 9.59 Å². The molecule has 0 N–H and O–H groups in total. The van der Waals surface area contributed by atoms with Crippen molar-refractivity contribution in [2.75, 3.05) is 13.1 Å². The van der Waals surface area contributed by atoms with Gasteiger partial charge in [0, 0.05) is 28.1 Å². The number of carbonyl (C=O) groups is 1. The molecule has 5 aromatic rings. The molecule has 3 heterocycles. The van der Waals surface area contributed by atoms with E-state index in [0.717, 1.165) is 29.3 Å². The second-order valence-corrected chi connectivity index (χ2v) is 10.6. The van der Waals surface area contributed by atoms with Gasteiger partial charge in [-0.25, -0.2) is 9.67 Å². The van der Waals surface area contributed by atoms with E-state index < -0.39 is 0 Å². The second kappa shape index (κ2) is 10.2. The predicted octanol–water partition coefficient (Wildman–Crippen LogP) is 6.28. The van der Waals surface area contributed by atoms with E-state index in [1.54, 1.807) is 33.8 Å². The first-order valence-electron chi connectivity index (χ1n) is 12.4. The fraction of sp³-hybridized carbons (Fsp3) is 0.172. The lowest BCUT2D eigenvalue weighted by Gasteiger charge is -2.25. The lowest BCUT2D eigenvalue weighted by Crippen LogP contribution is -2.36. The summed E-state index contributed by atoms with van der Waals surface area (Å²) in [5.74, 6) is 0.189. The maximum Gasteiger partial charge on any atom is 0.275 e. The van der Waals surface area contributed by atoms with Gasteiger partial charge in [-0.3, -0.25) is 14.2 Å². The van der Waals surface area contributed by atoms with E-state index >= 15 is 0 Å². The molecule has 0 radical (unpaired) electrons. The molecule has 1 amide bonds. The Morgan fingerprint density at radius 3 is 2.21 bits per heavy atom. The van der Waals surface area contributed by atoms with Crippen molar-refractivity contribution < 1.29 is 4.79 Å². The average molecular weight is 589 g/mol. The van der Waals surface area contributed by atoms with Crippen molar-refractivity contribution in [3.8, 4) is 22.8 Å². The first-order valence-corrected chi connectivity index (χ1v) is 13.6. The Bertz CT molecular complexity index is 1690. The number of carbonyl (C=O) groups excluding carboxylic acids is 1. The molecular formula is C29H23BrClN5O2. The zero-order valence-corrected chi connectivity index (χ0v) is 22.7. The number of hydrogen-bond donors (Lipinski definition) is 0. The third-order valence-electron chi connectivity index (χ3n) is 6.74. The summed E-state index contributed by atoms with van der Waals surface area (Å²) in [6.45, 7) is 1.29. The first-order chi connectivity index (χ1) is 18.5. The fourth-order valence-electron chi connectivity index (χ4n) is 4.84. The lowest BCUT2D eigenvalue weighted by molar-refractivity contribution is 0.0719. The van der Waals surface area contributed by atoms with Gasteiger partial charge in [0.2, 0.25) is 0 Å². The van der Waals surface area contributed by atoms with Crippen molar-refractivity contribution >= 4 is 44.5 Å². The molecule has 0 unspecified atom stereocenters. The van der Waals surface area contributed by atoms with Crippen LogP contribution in [-0.2, 0) is 0 Å². The molecule has 3 aromatic carbocycles. The zero-order chi connectivity index (χ0) is 26.2. The normalized spacial score (nSPS) is 13.7. The quantitative estimate of drug-likeness (QED) is 0.248. The molecule has 9 heteroatoms. The number of amides is 1. The van der Waals surface area contributed by atoms with Gasteiger partial charge in [-0.2, -0.15) is 5.10 Å². The highest BCUT2D eigenvalue weighted by Gasteiger charge is 2.29. The van der Waals surface area contributed by atoms with Gasteiger partial charge < -0.3 is 4.90 Å². The maximum atomic E-state index is 14.4. The summed E-state index contributed by atoms with van der Waals surface area (Å²) in [6.07, 6.45) is 2.96. The van der Waals surface area contributed by atoms with Crippen LogP contribution in [0.3, 0.4) is 0 Å². The van der Waals surface area contributed by atoms with E-state index in [-0.39, 0.29) is 22.5 Å². The van der Waals surface area contributed by atoms with Crippen LogP contribution in [0.25, 0.3) is 33.8 Å². The van der Waals surface area contributed by atoms with Crippen LogP contribution >= 0.6 is 27.5 Å². The van der Waals surface area contributed by atoms with Gasteiger partial charge in [0.15, 0.2) is 11.3 Å². The van der Waals surface area contributed by atoms with Gasteiger partial charge in [-0.15, -0.1) is 0 Å². The Morgan fingerprint density at radius 2 is 1.53 bits per heavy atom. The molecule has 1 aliphatic heterocycles. The summed E-state index contributed by atoms with van der Waals surface area (Å²) >= 11 is 9.64. The van der Waals surface area contributed by atoms with Crippen molar-refractivity contribution in [3.63, 3.8) is 0 Å². The standard InChI is InChI=1S/C29H23BrClN5O2/c30-20-11-9-19(10-12-20)26-32-27-24(28(37)35(26)22-15-13-21(31)14-16-22)25(29(38)34-17-5-2-6-18-34)33-36(27)23-7-3-1-4-8-23/h1,3-4,7-16H,2,5-6,17-18H2. The zero-order valence-electron chi connectivity index (χ0n) is 20.3. The molecule has 1 fully saturated rings. The summed E-state index contributed by atoms with van der Waals surface area (Å²) in [7, 11) is 0. The number of para-hydroxylation sites is 1. The van der Waals surface area contributed by atoms with Gasteiger partial charge in [0.25, 0.3) is 11.5 Å². The number of piperidine rings is 1. The highest BCUT2D eigenvalue weighted by atomic mass is 79.9. The highest BCUT2D eigenvalue weighted by Crippen LogP contribution is 2.28. The molecule has 0 saturated carbocycles. The topological polar surface area (TPSA) is 73.0 Å². The Hall–Kier alpha value is -3.75. The van der Waals surface area contributed by atoms with Gasteiger partial charge in [0.1, 0.15) is 11.2 Å². The minimum absolute atomic E-state index is 0.119. The molecule has 0 aliphatic carbocycles. The SMILES string of the molecule is O=C(c1nn(-c2ccccc2)c2nc(-c3ccc(Br)cc3)n(-c3ccc(Cl)cc3)c(=O)c12)N1CCCCC1. The Balaban J connectivity index is 1.69. The molecule has 6 rings (SSSR count). The summed E-state index contributed by atoms with van der Waals surface area (Å²) in [4.78, 5) is 34.9. The number of nitrogens with zero attached hydrogens (tertiary/aromatic N) is 5. The van der Waals surface area contributed by atoms with Crippen LogP contribution in [0.4, 0.5) is 0 Å². The number of benzene rings is 3. The fourth-order valence-corrected chi connectivity index (χ4v) is 5.23. The number of likely N-dealkylation sites (tertiary alicyclic amines) is 1. The summed E-state index contributed by atoms with van der Waals surface area (Å²) in [5, 5.41) is 5.46. The molecular weight excluding hydrogens is 566 g/mol. The van der Waals surface area contributed by atoms with Crippen molar-refractivity contribution in [2.24, 2.45) is 0 Å². The van der Waals surface area contributed by atoms with Crippen LogP contribution < -0.4 is 5.56 Å². The van der Waals surface area contributed by atoms with E-state index in [1.807, 2.05) is 54.6 Å². The minimum Gasteiger partial charge on any atom is -0.337 e. The molecule has 1 aliphatic rings. The lowest BCUT2D eigenvalue weighted by atomic mass is 10.1. The van der Waals surface area contributed by atoms with Crippen LogP contribution in [0.2, 0.25) is 5.02 Å². The van der Waals surface area contributed by atoms with E-state index in [4.69, 9.17) is 21.7 Å². The van der Waals surface area contributed by atoms with Gasteiger partial charge in [-0.05, 0) is 67.8 Å². The Morgan fingerprint density at radius 1 is 0.842 bits per heavy atom. The summed E-state index contributed by atoms with van der Waals surface area (Å²) in [6, 6.07) is 24.0.